The number of carbonyl (C=O) groups excluding carboxylic acids is 1. The maximum atomic E-state index is 11.0. The zero-order valence-corrected chi connectivity index (χ0v) is 17.1. The number of nitrogens with zero attached hydrogens (tertiary/aromatic N) is 3. The smallest absolute Gasteiger partial charge is 0.267 e. The predicted octanol–water partition coefficient (Wildman–Crippen LogP) is 3.09. The van der Waals surface area contributed by atoms with E-state index in [2.05, 4.69) is 51.4 Å². The fourth-order valence-electron chi connectivity index (χ4n) is 3.11. The average molecular weight is 426 g/mol. The highest BCUT2D eigenvalue weighted by Crippen LogP contribution is 2.25. The molecule has 1 unspecified atom stereocenters. The zero-order valence-electron chi connectivity index (χ0n) is 15.5. The minimum Gasteiger partial charge on any atom is -0.365 e. The van der Waals surface area contributed by atoms with Crippen molar-refractivity contribution >= 4 is 42.6 Å². The van der Waals surface area contributed by atoms with Gasteiger partial charge in [0.25, 0.3) is 5.91 Å². The lowest BCUT2D eigenvalue weighted by Crippen LogP contribution is -2.28. The van der Waals surface area contributed by atoms with Gasteiger partial charge in [0.05, 0.1) is 18.1 Å². The van der Waals surface area contributed by atoms with Crippen molar-refractivity contribution in [3.8, 4) is 0 Å². The number of benzene rings is 1. The van der Waals surface area contributed by atoms with Crippen LogP contribution in [0.25, 0.3) is 6.08 Å². The molecule has 0 radical (unpaired) electrons. The van der Waals surface area contributed by atoms with E-state index in [1.54, 1.807) is 12.4 Å². The Balaban J connectivity index is 0.00000196. The topological polar surface area (TPSA) is 90.4 Å². The van der Waals surface area contributed by atoms with Gasteiger partial charge < -0.3 is 5.32 Å². The lowest BCUT2D eigenvalue weighted by molar-refractivity contribution is -0.124. The van der Waals surface area contributed by atoms with Gasteiger partial charge in [0, 0.05) is 31.2 Å². The first kappa shape index (κ1) is 23.8. The predicted molar refractivity (Wildman–Crippen MR) is 114 cm³/mol. The molecule has 1 aliphatic rings. The number of rotatable bonds is 6. The summed E-state index contributed by atoms with van der Waals surface area (Å²) in [4.78, 5) is 22.0. The summed E-state index contributed by atoms with van der Waals surface area (Å²) in [5.74, 6) is 0.112. The molecule has 28 heavy (non-hydrogen) atoms. The summed E-state index contributed by atoms with van der Waals surface area (Å²) in [6, 6.07) is 11.2. The lowest BCUT2D eigenvalue weighted by atomic mass is 10.1. The number of carbonyl (C=O) groups is 1. The zero-order chi connectivity index (χ0) is 18.4. The van der Waals surface area contributed by atoms with E-state index >= 15 is 0 Å². The summed E-state index contributed by atoms with van der Waals surface area (Å²) >= 11 is 0. The molecule has 3 rings (SSSR count). The molecule has 1 aromatic heterocycles. The molecule has 3 N–H and O–H groups in total. The Morgan fingerprint density at radius 2 is 2.00 bits per heavy atom. The summed E-state index contributed by atoms with van der Waals surface area (Å²) in [6.07, 6.45) is 6.97. The van der Waals surface area contributed by atoms with Gasteiger partial charge in [0.1, 0.15) is 5.82 Å². The highest BCUT2D eigenvalue weighted by molar-refractivity contribution is 5.90. The third-order valence-electron chi connectivity index (χ3n) is 4.59. The van der Waals surface area contributed by atoms with Crippen molar-refractivity contribution in [2.75, 3.05) is 18.4 Å². The van der Waals surface area contributed by atoms with Gasteiger partial charge in [0.2, 0.25) is 0 Å². The van der Waals surface area contributed by atoms with Gasteiger partial charge in [-0.05, 0) is 25.0 Å². The van der Waals surface area contributed by atoms with E-state index in [1.165, 1.54) is 23.2 Å². The second kappa shape index (κ2) is 11.6. The van der Waals surface area contributed by atoms with Gasteiger partial charge in [-0.25, -0.2) is 10.5 Å². The van der Waals surface area contributed by atoms with Crippen molar-refractivity contribution in [2.24, 2.45) is 0 Å². The van der Waals surface area contributed by atoms with E-state index in [4.69, 9.17) is 5.21 Å². The minimum absolute atomic E-state index is 0. The number of likely N-dealkylation sites (tertiary alicyclic amines) is 1. The van der Waals surface area contributed by atoms with Crippen LogP contribution in [0.4, 0.5) is 5.82 Å². The molecular weight excluding hydrogens is 401 g/mol. The molecule has 2 atom stereocenters. The Labute approximate surface area is 177 Å². The van der Waals surface area contributed by atoms with E-state index in [9.17, 15) is 4.79 Å². The monoisotopic (exact) mass is 425 g/mol. The molecule has 152 valence electrons. The van der Waals surface area contributed by atoms with E-state index in [1.807, 2.05) is 6.07 Å². The number of halogens is 2. The first-order valence-corrected chi connectivity index (χ1v) is 8.65. The maximum absolute atomic E-state index is 11.0. The van der Waals surface area contributed by atoms with Gasteiger partial charge in [-0.15, -0.1) is 24.8 Å². The van der Waals surface area contributed by atoms with Crippen LogP contribution in [-0.4, -0.2) is 45.1 Å². The van der Waals surface area contributed by atoms with Crippen molar-refractivity contribution < 1.29 is 10.0 Å². The Hall–Kier alpha value is -2.19. The number of anilines is 1. The van der Waals surface area contributed by atoms with E-state index in [0.29, 0.717) is 23.6 Å². The van der Waals surface area contributed by atoms with E-state index in [-0.39, 0.29) is 24.8 Å². The molecule has 1 fully saturated rings. The van der Waals surface area contributed by atoms with Crippen molar-refractivity contribution in [2.45, 2.75) is 25.4 Å². The van der Waals surface area contributed by atoms with Crippen molar-refractivity contribution in [1.29, 1.82) is 0 Å². The fraction of sp³-hybridized carbons (Fsp3) is 0.316. The molecule has 2 aromatic rings. The molecule has 1 saturated heterocycles. The van der Waals surface area contributed by atoms with Crippen LogP contribution in [0, 0.1) is 0 Å². The van der Waals surface area contributed by atoms with Crippen LogP contribution in [0.1, 0.15) is 30.6 Å². The van der Waals surface area contributed by atoms with Crippen LogP contribution in [0.2, 0.25) is 0 Å². The van der Waals surface area contributed by atoms with Gasteiger partial charge >= 0.3 is 0 Å². The molecule has 1 aliphatic heterocycles. The van der Waals surface area contributed by atoms with Gasteiger partial charge in [-0.2, -0.15) is 0 Å². The normalized spacial score (nSPS) is 17.4. The molecule has 1 aromatic carbocycles. The lowest BCUT2D eigenvalue weighted by Gasteiger charge is -2.24. The van der Waals surface area contributed by atoms with Crippen molar-refractivity contribution in [3.63, 3.8) is 0 Å². The highest BCUT2D eigenvalue weighted by Gasteiger charge is 2.26. The van der Waals surface area contributed by atoms with Crippen LogP contribution >= 0.6 is 24.8 Å². The summed E-state index contributed by atoms with van der Waals surface area (Å²) in [7, 11) is 0. The molecule has 0 saturated carbocycles. The third-order valence-corrected chi connectivity index (χ3v) is 4.59. The van der Waals surface area contributed by atoms with Crippen LogP contribution in [-0.2, 0) is 4.79 Å². The van der Waals surface area contributed by atoms with Crippen LogP contribution in [0.5, 0.6) is 0 Å². The van der Waals surface area contributed by atoms with E-state index < -0.39 is 5.91 Å². The van der Waals surface area contributed by atoms with Crippen LogP contribution in [0.3, 0.4) is 0 Å². The summed E-state index contributed by atoms with van der Waals surface area (Å²) in [5, 5.41) is 11.9. The van der Waals surface area contributed by atoms with Crippen LogP contribution < -0.4 is 10.8 Å². The van der Waals surface area contributed by atoms with Crippen molar-refractivity contribution in [3.05, 3.63) is 60.1 Å². The van der Waals surface area contributed by atoms with Crippen LogP contribution in [0.15, 0.2) is 48.8 Å². The molecule has 9 heteroatoms. The molecule has 0 aliphatic carbocycles. The first-order chi connectivity index (χ1) is 12.7. The summed E-state index contributed by atoms with van der Waals surface area (Å²) in [5.41, 5.74) is 3.40. The third kappa shape index (κ3) is 6.45. The molecular formula is C19H25Cl2N5O2. The Morgan fingerprint density at radius 3 is 2.64 bits per heavy atom. The Morgan fingerprint density at radius 1 is 1.25 bits per heavy atom. The van der Waals surface area contributed by atoms with Gasteiger partial charge in [-0.3, -0.25) is 19.9 Å². The minimum atomic E-state index is -0.604. The Kier molecular flexibility index (Phi) is 9.89. The molecule has 7 nitrogen and oxygen atoms in total. The number of hydroxylamine groups is 1. The fourth-order valence-corrected chi connectivity index (χ4v) is 3.11. The molecule has 0 bridgehead atoms. The number of nitrogens with one attached hydrogen (secondary N) is 2. The maximum Gasteiger partial charge on any atom is 0.267 e. The molecule has 1 amide bonds. The first-order valence-electron chi connectivity index (χ1n) is 8.65. The number of hydrogen-bond donors (Lipinski definition) is 3. The number of hydrogen-bond acceptors (Lipinski definition) is 6. The summed E-state index contributed by atoms with van der Waals surface area (Å²) < 4.78 is 0. The SMILES string of the molecule is CC(c1ccccc1)N1CC[C@@H](Nc2cnc(/C=C/C(=O)NO)cn2)C1.Cl.Cl. The second-order valence-corrected chi connectivity index (χ2v) is 6.35. The quantitative estimate of drug-likeness (QED) is 0.374. The second-order valence-electron chi connectivity index (χ2n) is 6.35. The van der Waals surface area contributed by atoms with Gasteiger partial charge in [-0.1, -0.05) is 30.3 Å². The standard InChI is InChI=1S/C19H23N5O2.2ClH/c1-14(15-5-3-2-4-6-15)24-10-9-17(13-24)22-18-12-20-16(11-21-18)7-8-19(25)23-26;;/h2-8,11-12,14,17,26H,9-10,13H2,1H3,(H,21,22)(H,23,25);2*1H/b8-7+;;/t14?,17-;;/m1../s1. The van der Waals surface area contributed by atoms with Gasteiger partial charge in [0.15, 0.2) is 0 Å². The van der Waals surface area contributed by atoms with Crippen molar-refractivity contribution in [1.82, 2.24) is 20.3 Å². The largest absolute Gasteiger partial charge is 0.365 e. The summed E-state index contributed by atoms with van der Waals surface area (Å²) in [6.45, 7) is 4.23. The number of aromatic nitrogens is 2. The number of amides is 1. The average Bonchev–Trinajstić information content (AvgIpc) is 3.15. The highest BCUT2D eigenvalue weighted by atomic mass is 35.5. The Bertz CT molecular complexity index is 759. The molecule has 2 heterocycles. The van der Waals surface area contributed by atoms with E-state index in [0.717, 1.165) is 19.5 Å². The molecule has 0 spiro atoms.